The van der Waals surface area contributed by atoms with Gasteiger partial charge in [0, 0.05) is 49.9 Å². The van der Waals surface area contributed by atoms with Gasteiger partial charge in [-0.2, -0.15) is 13.2 Å². The third kappa shape index (κ3) is 6.52. The average Bonchev–Trinajstić information content (AvgIpc) is 2.76. The molecule has 0 saturated carbocycles. The SMILES string of the molecule is C[C@H]1C(=O)N(CCCC(=O)N2CCC(C(F)(F)F)CC2)CCN1C(=O)Nc1cccc(Cl)c1. The lowest BCUT2D eigenvalue weighted by molar-refractivity contribution is -0.186. The van der Waals surface area contributed by atoms with Gasteiger partial charge in [0.05, 0.1) is 5.92 Å². The summed E-state index contributed by atoms with van der Waals surface area (Å²) in [6.45, 7) is 2.92. The fourth-order valence-electron chi connectivity index (χ4n) is 4.23. The van der Waals surface area contributed by atoms with E-state index < -0.39 is 24.2 Å². The molecule has 1 N–H and O–H groups in total. The average molecular weight is 489 g/mol. The highest BCUT2D eigenvalue weighted by Gasteiger charge is 2.41. The van der Waals surface area contributed by atoms with Crippen molar-refractivity contribution in [3.05, 3.63) is 29.3 Å². The van der Waals surface area contributed by atoms with E-state index in [2.05, 4.69) is 5.32 Å². The number of amides is 4. The van der Waals surface area contributed by atoms with Gasteiger partial charge in [0.2, 0.25) is 11.8 Å². The maximum atomic E-state index is 12.8. The molecular weight excluding hydrogens is 461 g/mol. The number of piperidine rings is 1. The van der Waals surface area contributed by atoms with Crippen LogP contribution in [0.4, 0.5) is 23.7 Å². The lowest BCUT2D eigenvalue weighted by Gasteiger charge is -2.39. The van der Waals surface area contributed by atoms with E-state index in [0.717, 1.165) is 0 Å². The molecule has 1 aromatic carbocycles. The van der Waals surface area contributed by atoms with Crippen molar-refractivity contribution in [3.63, 3.8) is 0 Å². The first-order valence-electron chi connectivity index (χ1n) is 11.0. The van der Waals surface area contributed by atoms with Crippen molar-refractivity contribution < 1.29 is 27.6 Å². The van der Waals surface area contributed by atoms with Gasteiger partial charge in [-0.1, -0.05) is 17.7 Å². The Labute approximate surface area is 195 Å². The number of carbonyl (C=O) groups is 3. The van der Waals surface area contributed by atoms with Gasteiger partial charge < -0.3 is 20.0 Å². The van der Waals surface area contributed by atoms with Crippen LogP contribution in [0, 0.1) is 5.92 Å². The number of likely N-dealkylation sites (tertiary alicyclic amines) is 1. The molecule has 2 aliphatic rings. The van der Waals surface area contributed by atoms with Gasteiger partial charge in [-0.3, -0.25) is 9.59 Å². The van der Waals surface area contributed by atoms with Crippen molar-refractivity contribution in [1.29, 1.82) is 0 Å². The second kappa shape index (κ2) is 10.6. The van der Waals surface area contributed by atoms with Crippen LogP contribution in [0.5, 0.6) is 0 Å². The number of piperazine rings is 1. The van der Waals surface area contributed by atoms with Crippen molar-refractivity contribution >= 4 is 35.1 Å². The molecule has 3 rings (SSSR count). The maximum absolute atomic E-state index is 12.8. The summed E-state index contributed by atoms with van der Waals surface area (Å²) in [5, 5.41) is 3.22. The summed E-state index contributed by atoms with van der Waals surface area (Å²) in [5.74, 6) is -1.73. The van der Waals surface area contributed by atoms with Gasteiger partial charge in [-0.05, 0) is 44.4 Å². The minimum absolute atomic E-state index is 0.0650. The molecule has 1 aromatic rings. The van der Waals surface area contributed by atoms with Crippen LogP contribution in [0.25, 0.3) is 0 Å². The van der Waals surface area contributed by atoms with Gasteiger partial charge in [-0.25, -0.2) is 4.79 Å². The van der Waals surface area contributed by atoms with E-state index in [4.69, 9.17) is 11.6 Å². The van der Waals surface area contributed by atoms with Crippen LogP contribution in [-0.4, -0.2) is 77.5 Å². The number of urea groups is 1. The molecule has 0 aliphatic carbocycles. The van der Waals surface area contributed by atoms with E-state index >= 15 is 0 Å². The fraction of sp³-hybridized carbons (Fsp3) is 0.591. The molecule has 4 amide bonds. The first-order valence-corrected chi connectivity index (χ1v) is 11.4. The first kappa shape index (κ1) is 25.1. The van der Waals surface area contributed by atoms with E-state index in [9.17, 15) is 27.6 Å². The monoisotopic (exact) mass is 488 g/mol. The summed E-state index contributed by atoms with van der Waals surface area (Å²) in [6, 6.07) is 5.67. The number of hydrogen-bond acceptors (Lipinski definition) is 3. The molecule has 11 heteroatoms. The zero-order valence-electron chi connectivity index (χ0n) is 18.4. The molecule has 182 valence electrons. The Hall–Kier alpha value is -2.49. The third-order valence-corrected chi connectivity index (χ3v) is 6.45. The van der Waals surface area contributed by atoms with Gasteiger partial charge in [0.1, 0.15) is 6.04 Å². The molecule has 33 heavy (non-hydrogen) atoms. The molecule has 2 aliphatic heterocycles. The largest absolute Gasteiger partial charge is 0.391 e. The Kier molecular flexibility index (Phi) is 8.10. The van der Waals surface area contributed by atoms with Crippen LogP contribution in [-0.2, 0) is 9.59 Å². The van der Waals surface area contributed by atoms with Crippen molar-refractivity contribution in [2.45, 2.75) is 44.8 Å². The topological polar surface area (TPSA) is 73.0 Å². The second-order valence-electron chi connectivity index (χ2n) is 8.44. The highest BCUT2D eigenvalue weighted by molar-refractivity contribution is 6.30. The minimum atomic E-state index is -4.21. The highest BCUT2D eigenvalue weighted by atomic mass is 35.5. The predicted octanol–water partition coefficient (Wildman–Crippen LogP) is 3.99. The van der Waals surface area contributed by atoms with Gasteiger partial charge in [-0.15, -0.1) is 0 Å². The summed E-state index contributed by atoms with van der Waals surface area (Å²) in [7, 11) is 0. The van der Waals surface area contributed by atoms with E-state index in [1.54, 1.807) is 36.1 Å². The van der Waals surface area contributed by atoms with Crippen LogP contribution in [0.2, 0.25) is 5.02 Å². The zero-order chi connectivity index (χ0) is 24.2. The molecule has 0 spiro atoms. The number of alkyl halides is 3. The Morgan fingerprint density at radius 3 is 2.48 bits per heavy atom. The van der Waals surface area contributed by atoms with Crippen LogP contribution < -0.4 is 5.32 Å². The van der Waals surface area contributed by atoms with Gasteiger partial charge in [0.15, 0.2) is 0 Å². The predicted molar refractivity (Wildman–Crippen MR) is 118 cm³/mol. The van der Waals surface area contributed by atoms with Crippen molar-refractivity contribution in [3.8, 4) is 0 Å². The number of nitrogens with one attached hydrogen (secondary N) is 1. The van der Waals surface area contributed by atoms with Crippen molar-refractivity contribution in [2.75, 3.05) is 38.0 Å². The molecule has 2 fully saturated rings. The van der Waals surface area contributed by atoms with E-state index in [0.29, 0.717) is 36.8 Å². The summed E-state index contributed by atoms with van der Waals surface area (Å²) >= 11 is 5.93. The number of anilines is 1. The van der Waals surface area contributed by atoms with Gasteiger partial charge >= 0.3 is 12.2 Å². The highest BCUT2D eigenvalue weighted by Crippen LogP contribution is 2.34. The number of carbonyl (C=O) groups excluding carboxylic acids is 3. The number of benzene rings is 1. The Balaban J connectivity index is 1.42. The van der Waals surface area contributed by atoms with Crippen LogP contribution in [0.15, 0.2) is 24.3 Å². The van der Waals surface area contributed by atoms with E-state index in [1.807, 2.05) is 0 Å². The zero-order valence-corrected chi connectivity index (χ0v) is 19.2. The van der Waals surface area contributed by atoms with Crippen molar-refractivity contribution in [2.24, 2.45) is 5.92 Å². The van der Waals surface area contributed by atoms with Crippen LogP contribution in [0.1, 0.15) is 32.6 Å². The summed E-state index contributed by atoms with van der Waals surface area (Å²) in [5.41, 5.74) is 0.535. The molecule has 0 radical (unpaired) electrons. The minimum Gasteiger partial charge on any atom is -0.343 e. The maximum Gasteiger partial charge on any atom is 0.391 e. The normalized spacial score (nSPS) is 20.2. The Bertz CT molecular complexity index is 875. The molecule has 0 bridgehead atoms. The lowest BCUT2D eigenvalue weighted by atomic mass is 9.96. The molecule has 0 aromatic heterocycles. The summed E-state index contributed by atoms with van der Waals surface area (Å²) in [4.78, 5) is 42.2. The number of halogens is 4. The van der Waals surface area contributed by atoms with E-state index in [1.165, 1.54) is 9.80 Å². The van der Waals surface area contributed by atoms with E-state index in [-0.39, 0.29) is 44.2 Å². The lowest BCUT2D eigenvalue weighted by Crippen LogP contribution is -2.58. The molecule has 1 atom stereocenters. The summed E-state index contributed by atoms with van der Waals surface area (Å²) in [6.07, 6.45) is -3.74. The van der Waals surface area contributed by atoms with Crippen molar-refractivity contribution in [1.82, 2.24) is 14.7 Å². The first-order chi connectivity index (χ1) is 15.6. The second-order valence-corrected chi connectivity index (χ2v) is 8.87. The molecule has 2 heterocycles. The number of rotatable bonds is 5. The third-order valence-electron chi connectivity index (χ3n) is 6.21. The Morgan fingerprint density at radius 1 is 1.15 bits per heavy atom. The molecule has 7 nitrogen and oxygen atoms in total. The molecular formula is C22H28ClF3N4O3. The summed E-state index contributed by atoms with van der Waals surface area (Å²) < 4.78 is 38.3. The fourth-order valence-corrected chi connectivity index (χ4v) is 4.42. The quantitative estimate of drug-likeness (QED) is 0.681. The standard InChI is InChI=1S/C22H28ClF3N4O3/c1-15-20(32)29(12-13-30(15)21(33)27-18-5-2-4-17(23)14-18)9-3-6-19(31)28-10-7-16(8-11-28)22(24,25)26/h2,4-5,14-16H,3,6-13H2,1H3,(H,27,33)/t15-/m0/s1. The van der Waals surface area contributed by atoms with Gasteiger partial charge in [0.25, 0.3) is 0 Å². The molecule has 0 unspecified atom stereocenters. The number of hydrogen-bond donors (Lipinski definition) is 1. The Morgan fingerprint density at radius 2 is 1.85 bits per heavy atom. The van der Waals surface area contributed by atoms with Crippen LogP contribution >= 0.6 is 11.6 Å². The smallest absolute Gasteiger partial charge is 0.343 e. The molecule has 2 saturated heterocycles. The number of nitrogens with zero attached hydrogens (tertiary/aromatic N) is 3. The van der Waals surface area contributed by atoms with Crippen LogP contribution in [0.3, 0.4) is 0 Å².